The third-order valence-corrected chi connectivity index (χ3v) is 4.87. The summed E-state index contributed by atoms with van der Waals surface area (Å²) >= 11 is 0. The summed E-state index contributed by atoms with van der Waals surface area (Å²) < 4.78 is 11.3. The molecule has 0 bridgehead atoms. The van der Waals surface area contributed by atoms with Crippen LogP contribution in [0.25, 0.3) is 0 Å². The lowest BCUT2D eigenvalue weighted by molar-refractivity contribution is -0.143. The molecule has 2 aliphatic heterocycles. The first-order valence-corrected chi connectivity index (χ1v) is 8.49. The summed E-state index contributed by atoms with van der Waals surface area (Å²) in [5.41, 5.74) is 6.76. The molecule has 1 aromatic carbocycles. The number of carbonyl (C=O) groups is 1. The van der Waals surface area contributed by atoms with E-state index in [1.165, 1.54) is 5.56 Å². The molecule has 1 amide bonds. The van der Waals surface area contributed by atoms with Crippen LogP contribution in [0, 0.1) is 0 Å². The lowest BCUT2D eigenvalue weighted by atomic mass is 9.89. The molecule has 2 fully saturated rings. The zero-order chi connectivity index (χ0) is 16.1. The van der Waals surface area contributed by atoms with Gasteiger partial charge < -0.3 is 20.1 Å². The fourth-order valence-corrected chi connectivity index (χ4v) is 3.28. The number of carbonyl (C=O) groups excluding carboxylic acids is 1. The second kappa shape index (κ2) is 7.43. The van der Waals surface area contributed by atoms with E-state index in [-0.39, 0.29) is 12.0 Å². The van der Waals surface area contributed by atoms with Gasteiger partial charge in [0.15, 0.2) is 0 Å². The average molecular weight is 318 g/mol. The number of nitrogens with two attached hydrogens (primary N) is 1. The second-order valence-electron chi connectivity index (χ2n) is 6.56. The highest BCUT2D eigenvalue weighted by molar-refractivity contribution is 5.86. The summed E-state index contributed by atoms with van der Waals surface area (Å²) in [5, 5.41) is 0. The van der Waals surface area contributed by atoms with E-state index in [1.807, 2.05) is 23.1 Å². The summed E-state index contributed by atoms with van der Waals surface area (Å²) in [6.07, 6.45) is 3.23. The van der Waals surface area contributed by atoms with Crippen molar-refractivity contribution in [3.63, 3.8) is 0 Å². The number of rotatable bonds is 4. The van der Waals surface area contributed by atoms with Gasteiger partial charge in [-0.2, -0.15) is 0 Å². The summed E-state index contributed by atoms with van der Waals surface area (Å²) in [5.74, 6) is 0.0855. The Balaban J connectivity index is 1.45. The van der Waals surface area contributed by atoms with Crippen molar-refractivity contribution in [3.05, 3.63) is 35.9 Å². The Bertz CT molecular complexity index is 506. The van der Waals surface area contributed by atoms with E-state index in [4.69, 9.17) is 15.2 Å². The SMILES string of the molecule is NC1(C(=O)N2CCC(OCc3ccccc3)CC2)CCOCC1. The van der Waals surface area contributed by atoms with E-state index in [0.29, 0.717) is 32.7 Å². The molecule has 0 radical (unpaired) electrons. The Kier molecular flexibility index (Phi) is 5.30. The van der Waals surface area contributed by atoms with Crippen molar-refractivity contribution in [2.45, 2.75) is 43.9 Å². The number of amides is 1. The summed E-state index contributed by atoms with van der Waals surface area (Å²) in [7, 11) is 0. The number of likely N-dealkylation sites (tertiary alicyclic amines) is 1. The zero-order valence-corrected chi connectivity index (χ0v) is 13.6. The predicted octanol–water partition coefficient (Wildman–Crippen LogP) is 1.70. The maximum Gasteiger partial charge on any atom is 0.242 e. The summed E-state index contributed by atoms with van der Waals surface area (Å²) in [4.78, 5) is 14.6. The van der Waals surface area contributed by atoms with Crippen LogP contribution in [0.2, 0.25) is 0 Å². The monoisotopic (exact) mass is 318 g/mol. The van der Waals surface area contributed by atoms with Gasteiger partial charge >= 0.3 is 0 Å². The maximum absolute atomic E-state index is 12.7. The molecule has 0 atom stereocenters. The number of benzene rings is 1. The molecule has 2 aliphatic rings. The zero-order valence-electron chi connectivity index (χ0n) is 13.6. The van der Waals surface area contributed by atoms with Crippen LogP contribution in [0.5, 0.6) is 0 Å². The van der Waals surface area contributed by atoms with Crippen LogP contribution in [-0.4, -0.2) is 48.8 Å². The van der Waals surface area contributed by atoms with E-state index in [1.54, 1.807) is 0 Å². The quantitative estimate of drug-likeness (QED) is 0.918. The molecule has 3 rings (SSSR count). The first kappa shape index (κ1) is 16.4. The predicted molar refractivity (Wildman–Crippen MR) is 87.8 cm³/mol. The van der Waals surface area contributed by atoms with Gasteiger partial charge in [0.1, 0.15) is 0 Å². The summed E-state index contributed by atoms with van der Waals surface area (Å²) in [6, 6.07) is 10.2. The molecule has 0 saturated carbocycles. The van der Waals surface area contributed by atoms with Crippen LogP contribution >= 0.6 is 0 Å². The molecule has 2 heterocycles. The first-order valence-electron chi connectivity index (χ1n) is 8.49. The van der Waals surface area contributed by atoms with Crippen LogP contribution in [-0.2, 0) is 20.9 Å². The largest absolute Gasteiger partial charge is 0.381 e. The molecule has 2 saturated heterocycles. The van der Waals surface area contributed by atoms with Crippen molar-refractivity contribution < 1.29 is 14.3 Å². The van der Waals surface area contributed by atoms with Gasteiger partial charge in [-0.15, -0.1) is 0 Å². The molecular weight excluding hydrogens is 292 g/mol. The molecular formula is C18H26N2O3. The fraction of sp³-hybridized carbons (Fsp3) is 0.611. The Hall–Kier alpha value is -1.43. The highest BCUT2D eigenvalue weighted by Gasteiger charge is 2.39. The van der Waals surface area contributed by atoms with Gasteiger partial charge in [-0.05, 0) is 31.2 Å². The lowest BCUT2D eigenvalue weighted by Gasteiger charge is -2.39. The molecule has 0 unspecified atom stereocenters. The van der Waals surface area contributed by atoms with Crippen molar-refractivity contribution in [1.29, 1.82) is 0 Å². The molecule has 1 aromatic rings. The smallest absolute Gasteiger partial charge is 0.242 e. The van der Waals surface area contributed by atoms with Crippen LogP contribution in [0.4, 0.5) is 0 Å². The number of hydrogen-bond donors (Lipinski definition) is 1. The van der Waals surface area contributed by atoms with Gasteiger partial charge in [0, 0.05) is 26.3 Å². The van der Waals surface area contributed by atoms with Gasteiger partial charge in [0.2, 0.25) is 5.91 Å². The van der Waals surface area contributed by atoms with Crippen molar-refractivity contribution in [1.82, 2.24) is 4.90 Å². The van der Waals surface area contributed by atoms with E-state index in [0.717, 1.165) is 25.9 Å². The average Bonchev–Trinajstić information content (AvgIpc) is 2.61. The standard InChI is InChI=1S/C18H26N2O3/c19-18(8-12-22-13-9-18)17(21)20-10-6-16(7-11-20)23-14-15-4-2-1-3-5-15/h1-5,16H,6-14,19H2. The van der Waals surface area contributed by atoms with E-state index in [9.17, 15) is 4.79 Å². The van der Waals surface area contributed by atoms with Crippen LogP contribution in [0.3, 0.4) is 0 Å². The van der Waals surface area contributed by atoms with E-state index >= 15 is 0 Å². The number of hydrogen-bond acceptors (Lipinski definition) is 4. The highest BCUT2D eigenvalue weighted by Crippen LogP contribution is 2.23. The van der Waals surface area contributed by atoms with Crippen molar-refractivity contribution in [2.75, 3.05) is 26.3 Å². The lowest BCUT2D eigenvalue weighted by Crippen LogP contribution is -2.59. The Labute approximate surface area is 137 Å². The molecule has 0 aromatic heterocycles. The van der Waals surface area contributed by atoms with Gasteiger partial charge in [-0.3, -0.25) is 4.79 Å². The van der Waals surface area contributed by atoms with Crippen LogP contribution < -0.4 is 5.73 Å². The molecule has 2 N–H and O–H groups in total. The summed E-state index contributed by atoms with van der Waals surface area (Å²) in [6.45, 7) is 3.27. The second-order valence-corrected chi connectivity index (χ2v) is 6.56. The number of nitrogens with zero attached hydrogens (tertiary/aromatic N) is 1. The fourth-order valence-electron chi connectivity index (χ4n) is 3.28. The molecule has 0 spiro atoms. The molecule has 23 heavy (non-hydrogen) atoms. The Morgan fingerprint density at radius 1 is 1.22 bits per heavy atom. The minimum atomic E-state index is -0.726. The van der Waals surface area contributed by atoms with Crippen molar-refractivity contribution in [3.8, 4) is 0 Å². The Morgan fingerprint density at radius 2 is 1.87 bits per heavy atom. The van der Waals surface area contributed by atoms with Gasteiger partial charge in [0.05, 0.1) is 18.2 Å². The Morgan fingerprint density at radius 3 is 2.52 bits per heavy atom. The third-order valence-electron chi connectivity index (χ3n) is 4.87. The number of ether oxygens (including phenoxy) is 2. The van der Waals surface area contributed by atoms with E-state index < -0.39 is 5.54 Å². The first-order chi connectivity index (χ1) is 11.2. The van der Waals surface area contributed by atoms with E-state index in [2.05, 4.69) is 12.1 Å². The normalized spacial score (nSPS) is 22.0. The van der Waals surface area contributed by atoms with Gasteiger partial charge in [0.25, 0.3) is 0 Å². The van der Waals surface area contributed by atoms with Crippen molar-refractivity contribution in [2.24, 2.45) is 5.73 Å². The number of piperidine rings is 1. The van der Waals surface area contributed by atoms with Crippen molar-refractivity contribution >= 4 is 5.91 Å². The van der Waals surface area contributed by atoms with Crippen LogP contribution in [0.1, 0.15) is 31.2 Å². The molecule has 126 valence electrons. The highest BCUT2D eigenvalue weighted by atomic mass is 16.5. The topological polar surface area (TPSA) is 64.8 Å². The molecule has 5 nitrogen and oxygen atoms in total. The van der Waals surface area contributed by atoms with Gasteiger partial charge in [-0.25, -0.2) is 0 Å². The van der Waals surface area contributed by atoms with Gasteiger partial charge in [-0.1, -0.05) is 30.3 Å². The molecule has 5 heteroatoms. The van der Waals surface area contributed by atoms with Crippen LogP contribution in [0.15, 0.2) is 30.3 Å². The minimum absolute atomic E-state index is 0.0855. The maximum atomic E-state index is 12.7. The molecule has 0 aliphatic carbocycles. The minimum Gasteiger partial charge on any atom is -0.381 e. The third kappa shape index (κ3) is 4.10.